The quantitative estimate of drug-likeness (QED) is 0.385. The molecule has 0 spiro atoms. The van der Waals surface area contributed by atoms with E-state index >= 15 is 0 Å². The molecule has 0 amide bonds. The molecule has 178 valence electrons. The Morgan fingerprint density at radius 1 is 1.11 bits per heavy atom. The van der Waals surface area contributed by atoms with E-state index in [1.165, 1.54) is 6.21 Å². The second-order valence-corrected chi connectivity index (χ2v) is 8.70. The summed E-state index contributed by atoms with van der Waals surface area (Å²) in [4.78, 5) is 18.1. The lowest BCUT2D eigenvalue weighted by molar-refractivity contribution is 0.243. The van der Waals surface area contributed by atoms with Crippen molar-refractivity contribution in [3.8, 4) is 11.1 Å². The van der Waals surface area contributed by atoms with E-state index in [1.807, 2.05) is 31.6 Å². The van der Waals surface area contributed by atoms with E-state index in [9.17, 15) is 0 Å². The summed E-state index contributed by atoms with van der Waals surface area (Å²) in [6.45, 7) is 4.41. The highest BCUT2D eigenvalue weighted by molar-refractivity contribution is 6.34. The van der Waals surface area contributed by atoms with Gasteiger partial charge in [-0.25, -0.2) is 19.5 Å². The minimum Gasteiger partial charge on any atom is -0.393 e. The second-order valence-electron chi connectivity index (χ2n) is 8.29. The van der Waals surface area contributed by atoms with Crippen LogP contribution < -0.4 is 10.2 Å². The number of hydrogen-bond donors (Lipinski definition) is 2. The molecular weight excluding hydrogens is 462 g/mol. The zero-order chi connectivity index (χ0) is 24.2. The van der Waals surface area contributed by atoms with Crippen molar-refractivity contribution in [2.75, 3.05) is 38.1 Å². The average molecular weight is 488 g/mol. The molecule has 2 N–H and O–H groups in total. The van der Waals surface area contributed by atoms with Gasteiger partial charge in [-0.1, -0.05) is 11.6 Å². The fraction of sp³-hybridized carbons (Fsp3) is 0.240. The van der Waals surface area contributed by atoms with Crippen LogP contribution in [0.2, 0.25) is 5.02 Å². The molecule has 35 heavy (non-hydrogen) atoms. The Hall–Kier alpha value is -3.82. The zero-order valence-corrected chi connectivity index (χ0v) is 20.2. The molecule has 0 aliphatic carbocycles. The summed E-state index contributed by atoms with van der Waals surface area (Å²) in [7, 11) is 1.81. The van der Waals surface area contributed by atoms with E-state index in [1.54, 1.807) is 29.3 Å². The first-order chi connectivity index (χ1) is 17.2. The van der Waals surface area contributed by atoms with Crippen molar-refractivity contribution in [1.82, 2.24) is 34.8 Å². The summed E-state index contributed by atoms with van der Waals surface area (Å²) in [5.74, 6) is 1.80. The third-order valence-electron chi connectivity index (χ3n) is 6.10. The van der Waals surface area contributed by atoms with E-state index in [2.05, 4.69) is 42.3 Å². The van der Waals surface area contributed by atoms with Gasteiger partial charge in [0.2, 0.25) is 0 Å². The molecule has 0 radical (unpaired) electrons. The highest BCUT2D eigenvalue weighted by Crippen LogP contribution is 2.32. The van der Waals surface area contributed by atoms with Gasteiger partial charge in [0.25, 0.3) is 0 Å². The van der Waals surface area contributed by atoms with Crippen molar-refractivity contribution in [3.63, 3.8) is 0 Å². The van der Waals surface area contributed by atoms with Crippen LogP contribution in [0.3, 0.4) is 0 Å². The van der Waals surface area contributed by atoms with Crippen LogP contribution in [0.4, 0.5) is 5.82 Å². The Morgan fingerprint density at radius 2 is 1.91 bits per heavy atom. The largest absolute Gasteiger partial charge is 0.393 e. The number of allylic oxidation sites excluding steroid dienone is 1. The summed E-state index contributed by atoms with van der Waals surface area (Å²) in [5, 5.41) is 15.7. The molecule has 10 heteroatoms. The maximum Gasteiger partial charge on any atom is 0.142 e. The molecule has 5 heterocycles. The summed E-state index contributed by atoms with van der Waals surface area (Å²) in [6, 6.07) is 7.99. The van der Waals surface area contributed by atoms with E-state index < -0.39 is 0 Å². The fourth-order valence-corrected chi connectivity index (χ4v) is 4.54. The first kappa shape index (κ1) is 22.9. The van der Waals surface area contributed by atoms with E-state index in [4.69, 9.17) is 22.0 Å². The molecule has 1 fully saturated rings. The molecule has 0 aromatic carbocycles. The Labute approximate surface area is 208 Å². The van der Waals surface area contributed by atoms with Gasteiger partial charge in [-0.2, -0.15) is 5.10 Å². The monoisotopic (exact) mass is 487 g/mol. The standard InChI is InChI=1S/C25H26ClN9/c1-28-13-20(12-27)19-11-21(25-22(26)15-32-35(25)16-19)18-3-4-24(31-14-18)34-9-7-33(8-10-34)17-23-29-5-2-6-30-23/h2-6,11-16,27-28H,7-10,17H2,1H3/b20-13+,27-12?. The topological polar surface area (TPSA) is 98.3 Å². The van der Waals surface area contributed by atoms with Crippen LogP contribution in [0.15, 0.2) is 61.4 Å². The molecule has 0 saturated carbocycles. The van der Waals surface area contributed by atoms with Gasteiger partial charge in [0, 0.05) is 92.7 Å². The molecule has 5 rings (SSSR count). The lowest BCUT2D eigenvalue weighted by atomic mass is 10.0. The lowest BCUT2D eigenvalue weighted by Crippen LogP contribution is -2.46. The molecule has 4 aromatic heterocycles. The second kappa shape index (κ2) is 10.2. The number of rotatable bonds is 7. The maximum atomic E-state index is 7.79. The van der Waals surface area contributed by atoms with Gasteiger partial charge in [0.15, 0.2) is 0 Å². The molecule has 1 aliphatic rings. The Balaban J connectivity index is 1.36. The Bertz CT molecular complexity index is 1340. The highest BCUT2D eigenvalue weighted by atomic mass is 35.5. The SMILES string of the molecule is CN/C=C(\C=N)c1cc(-c2ccc(N3CCN(Cc4ncccn4)CC3)nc2)c2c(Cl)cnn2c1. The van der Waals surface area contributed by atoms with Crippen molar-refractivity contribution < 1.29 is 0 Å². The predicted molar refractivity (Wildman–Crippen MR) is 139 cm³/mol. The third-order valence-corrected chi connectivity index (χ3v) is 6.37. The molecule has 9 nitrogen and oxygen atoms in total. The number of aromatic nitrogens is 5. The molecule has 4 aromatic rings. The van der Waals surface area contributed by atoms with E-state index in [0.29, 0.717) is 5.02 Å². The average Bonchev–Trinajstić information content (AvgIpc) is 3.28. The molecule has 1 aliphatic heterocycles. The Morgan fingerprint density at radius 3 is 2.60 bits per heavy atom. The summed E-state index contributed by atoms with van der Waals surface area (Å²) >= 11 is 6.48. The normalized spacial score (nSPS) is 14.9. The minimum atomic E-state index is 0.572. The van der Waals surface area contributed by atoms with Crippen LogP contribution in [0.5, 0.6) is 0 Å². The number of nitrogens with zero attached hydrogens (tertiary/aromatic N) is 7. The van der Waals surface area contributed by atoms with Crippen LogP contribution in [-0.4, -0.2) is 68.9 Å². The number of pyridine rings is 2. The molecule has 0 unspecified atom stereocenters. The van der Waals surface area contributed by atoms with Gasteiger partial charge < -0.3 is 15.6 Å². The van der Waals surface area contributed by atoms with Crippen molar-refractivity contribution in [3.05, 3.63) is 77.9 Å². The lowest BCUT2D eigenvalue weighted by Gasteiger charge is -2.35. The van der Waals surface area contributed by atoms with Crippen molar-refractivity contribution in [2.24, 2.45) is 0 Å². The van der Waals surface area contributed by atoms with Gasteiger partial charge in [-0.3, -0.25) is 4.90 Å². The van der Waals surface area contributed by atoms with Crippen LogP contribution in [0.1, 0.15) is 11.4 Å². The van der Waals surface area contributed by atoms with Crippen molar-refractivity contribution in [1.29, 1.82) is 5.41 Å². The highest BCUT2D eigenvalue weighted by Gasteiger charge is 2.19. The zero-order valence-electron chi connectivity index (χ0n) is 19.4. The van der Waals surface area contributed by atoms with E-state index in [0.717, 1.165) is 72.1 Å². The van der Waals surface area contributed by atoms with Crippen molar-refractivity contribution in [2.45, 2.75) is 6.54 Å². The van der Waals surface area contributed by atoms with Crippen LogP contribution in [0, 0.1) is 5.41 Å². The van der Waals surface area contributed by atoms with Gasteiger partial charge >= 0.3 is 0 Å². The smallest absolute Gasteiger partial charge is 0.142 e. The number of halogens is 1. The summed E-state index contributed by atoms with van der Waals surface area (Å²) in [6.07, 6.45) is 12.1. The minimum absolute atomic E-state index is 0.572. The number of piperazine rings is 1. The number of anilines is 1. The Kier molecular flexibility index (Phi) is 6.69. The van der Waals surface area contributed by atoms with Gasteiger partial charge in [-0.15, -0.1) is 0 Å². The van der Waals surface area contributed by atoms with Gasteiger partial charge in [-0.05, 0) is 24.3 Å². The number of fused-ring (bicyclic) bond motifs is 1. The summed E-state index contributed by atoms with van der Waals surface area (Å²) < 4.78 is 1.75. The van der Waals surface area contributed by atoms with Gasteiger partial charge in [0.1, 0.15) is 11.6 Å². The molecule has 0 bridgehead atoms. The van der Waals surface area contributed by atoms with Crippen LogP contribution in [0.25, 0.3) is 22.2 Å². The van der Waals surface area contributed by atoms with Gasteiger partial charge in [0.05, 0.1) is 23.3 Å². The first-order valence-electron chi connectivity index (χ1n) is 11.4. The molecule has 1 saturated heterocycles. The van der Waals surface area contributed by atoms with Crippen molar-refractivity contribution >= 4 is 34.7 Å². The number of nitrogens with one attached hydrogen (secondary N) is 2. The molecular formula is C25H26ClN9. The number of hydrogen-bond acceptors (Lipinski definition) is 8. The van der Waals surface area contributed by atoms with Crippen LogP contribution in [-0.2, 0) is 6.54 Å². The first-order valence-corrected chi connectivity index (χ1v) is 11.8. The third kappa shape index (κ3) is 4.87. The van der Waals surface area contributed by atoms with Crippen LogP contribution >= 0.6 is 11.6 Å². The van der Waals surface area contributed by atoms with E-state index in [-0.39, 0.29) is 0 Å². The fourth-order valence-electron chi connectivity index (χ4n) is 4.30. The molecule has 0 atom stereocenters. The summed E-state index contributed by atoms with van der Waals surface area (Å²) in [5.41, 5.74) is 4.28. The predicted octanol–water partition coefficient (Wildman–Crippen LogP) is 3.37. The maximum absolute atomic E-state index is 7.79.